The summed E-state index contributed by atoms with van der Waals surface area (Å²) in [4.78, 5) is 0. The van der Waals surface area contributed by atoms with Crippen LogP contribution in [0.1, 0.15) is 0 Å². The summed E-state index contributed by atoms with van der Waals surface area (Å²) in [6, 6.07) is 0. The average Bonchev–Trinajstić information content (AvgIpc) is 2.12. The maximum Gasteiger partial charge on any atom is 0.129 e. The van der Waals surface area contributed by atoms with E-state index in [4.69, 9.17) is 4.74 Å². The van der Waals surface area contributed by atoms with Crippen LogP contribution in [0, 0.1) is 0 Å². The summed E-state index contributed by atoms with van der Waals surface area (Å²) in [6.07, 6.45) is 0.523. The first-order valence-electron chi connectivity index (χ1n) is 1.84. The molecule has 1 saturated heterocycles. The molecule has 0 bridgehead atoms. The zero-order valence-corrected chi connectivity index (χ0v) is 3.11. The normalized spacial score (nSPS) is 34.2. The summed E-state index contributed by atoms with van der Waals surface area (Å²) in [5.41, 5.74) is 3.62. The number of rotatable bonds is 1. The number of epoxide rings is 1. The summed E-state index contributed by atoms with van der Waals surface area (Å²) >= 11 is 0. The fourth-order valence-electron chi connectivity index (χ4n) is 0.235. The first kappa shape index (κ1) is 3.12. The largest absolute Gasteiger partial charge is 0.367 e. The molecule has 0 amide bonds. The zero-order valence-electron chi connectivity index (χ0n) is 3.11. The van der Waals surface area contributed by atoms with Crippen LogP contribution in [0.4, 0.5) is 0 Å². The van der Waals surface area contributed by atoms with Gasteiger partial charge in [-0.15, -0.1) is 0 Å². The highest BCUT2D eigenvalue weighted by molar-refractivity contribution is 4.64. The molecule has 3 N–H and O–H groups in total. The highest BCUT2D eigenvalue weighted by Crippen LogP contribution is 2.03. The fraction of sp³-hybridized carbons (Fsp3) is 1.00. The molecule has 5 heavy (non-hydrogen) atoms. The molecule has 0 radical (unpaired) electrons. The van der Waals surface area contributed by atoms with E-state index in [9.17, 15) is 0 Å². The van der Waals surface area contributed by atoms with E-state index in [1.54, 1.807) is 0 Å². The van der Waals surface area contributed by atoms with Crippen LogP contribution >= 0.6 is 0 Å². The molecular formula is C3H8NO+. The van der Waals surface area contributed by atoms with Gasteiger partial charge in [-0.25, -0.2) is 0 Å². The minimum absolute atomic E-state index is 0.523. The minimum Gasteiger partial charge on any atom is -0.367 e. The second-order valence-corrected chi connectivity index (χ2v) is 1.24. The maximum atomic E-state index is 4.80. The van der Waals surface area contributed by atoms with E-state index in [-0.39, 0.29) is 0 Å². The van der Waals surface area contributed by atoms with Gasteiger partial charge >= 0.3 is 0 Å². The number of hydrogen-bond donors (Lipinski definition) is 1. The van der Waals surface area contributed by atoms with E-state index in [0.717, 1.165) is 13.2 Å². The van der Waals surface area contributed by atoms with Gasteiger partial charge in [0.1, 0.15) is 12.6 Å². The lowest BCUT2D eigenvalue weighted by atomic mass is 10.5. The summed E-state index contributed by atoms with van der Waals surface area (Å²) in [6.45, 7) is 1.89. The summed E-state index contributed by atoms with van der Waals surface area (Å²) in [5.74, 6) is 0. The van der Waals surface area contributed by atoms with Crippen molar-refractivity contribution in [1.29, 1.82) is 0 Å². The molecule has 1 heterocycles. The van der Waals surface area contributed by atoms with Crippen molar-refractivity contribution in [3.8, 4) is 0 Å². The highest BCUT2D eigenvalue weighted by Gasteiger charge is 2.21. The van der Waals surface area contributed by atoms with Crippen molar-refractivity contribution >= 4 is 0 Å². The van der Waals surface area contributed by atoms with Gasteiger partial charge in [-0.3, -0.25) is 0 Å². The predicted molar refractivity (Wildman–Crippen MR) is 17.5 cm³/mol. The van der Waals surface area contributed by atoms with Crippen molar-refractivity contribution in [3.63, 3.8) is 0 Å². The fourth-order valence-corrected chi connectivity index (χ4v) is 0.235. The predicted octanol–water partition coefficient (Wildman–Crippen LogP) is -1.37. The van der Waals surface area contributed by atoms with Gasteiger partial charge in [-0.1, -0.05) is 0 Å². The van der Waals surface area contributed by atoms with Gasteiger partial charge in [-0.05, 0) is 0 Å². The van der Waals surface area contributed by atoms with Gasteiger partial charge < -0.3 is 10.5 Å². The molecule has 0 aromatic carbocycles. The summed E-state index contributed by atoms with van der Waals surface area (Å²) < 4.78 is 4.80. The van der Waals surface area contributed by atoms with Gasteiger partial charge in [-0.2, -0.15) is 0 Å². The van der Waals surface area contributed by atoms with Crippen LogP contribution in [0.25, 0.3) is 0 Å². The number of hydrogen-bond acceptors (Lipinski definition) is 1. The molecule has 0 aromatic heterocycles. The first-order valence-corrected chi connectivity index (χ1v) is 1.84. The number of ether oxygens (including phenoxy) is 1. The minimum atomic E-state index is 0.523. The Balaban J connectivity index is 2.00. The van der Waals surface area contributed by atoms with Crippen molar-refractivity contribution in [3.05, 3.63) is 0 Å². The molecule has 2 nitrogen and oxygen atoms in total. The Morgan fingerprint density at radius 1 is 2.00 bits per heavy atom. The van der Waals surface area contributed by atoms with E-state index < -0.39 is 0 Å². The highest BCUT2D eigenvalue weighted by atomic mass is 16.6. The van der Waals surface area contributed by atoms with Crippen LogP contribution in [0.5, 0.6) is 0 Å². The molecule has 0 spiro atoms. The third kappa shape index (κ3) is 0.597. The van der Waals surface area contributed by atoms with Gasteiger partial charge in [0.15, 0.2) is 0 Å². The van der Waals surface area contributed by atoms with E-state index in [0.29, 0.717) is 6.10 Å². The zero-order chi connectivity index (χ0) is 3.70. The van der Waals surface area contributed by atoms with Crippen LogP contribution in [-0.2, 0) is 4.74 Å². The standard InChI is InChI=1S/C3H7NO/c4-1-3-2-5-3/h3H,1-2,4H2/p+1. The molecular weight excluding hydrogens is 66.0 g/mol. The molecule has 2 heteroatoms. The Kier molecular flexibility index (Phi) is 0.596. The second-order valence-electron chi connectivity index (χ2n) is 1.24. The van der Waals surface area contributed by atoms with E-state index in [1.807, 2.05) is 0 Å². The van der Waals surface area contributed by atoms with E-state index in [1.165, 1.54) is 0 Å². The Hall–Kier alpha value is -0.0800. The van der Waals surface area contributed by atoms with Crippen molar-refractivity contribution in [2.45, 2.75) is 6.10 Å². The smallest absolute Gasteiger partial charge is 0.129 e. The third-order valence-electron chi connectivity index (χ3n) is 0.724. The first-order chi connectivity index (χ1) is 2.43. The molecule has 0 aromatic rings. The Morgan fingerprint density at radius 3 is 2.60 bits per heavy atom. The van der Waals surface area contributed by atoms with Crippen molar-refractivity contribution < 1.29 is 10.5 Å². The molecule has 1 atom stereocenters. The summed E-state index contributed by atoms with van der Waals surface area (Å²) in [7, 11) is 0. The molecule has 30 valence electrons. The van der Waals surface area contributed by atoms with Crippen LogP contribution in [0.3, 0.4) is 0 Å². The lowest BCUT2D eigenvalue weighted by Crippen LogP contribution is -2.52. The van der Waals surface area contributed by atoms with Crippen LogP contribution in [0.2, 0.25) is 0 Å². The SMILES string of the molecule is [NH3+]CC1CO1. The van der Waals surface area contributed by atoms with Crippen molar-refractivity contribution in [2.75, 3.05) is 13.2 Å². The Labute approximate surface area is 30.9 Å². The molecule has 0 aliphatic carbocycles. The second kappa shape index (κ2) is 0.954. The molecule has 1 unspecified atom stereocenters. The van der Waals surface area contributed by atoms with Gasteiger partial charge in [0.25, 0.3) is 0 Å². The molecule has 1 rings (SSSR count). The average molecular weight is 74.1 g/mol. The quantitative estimate of drug-likeness (QED) is 0.383. The lowest BCUT2D eigenvalue weighted by molar-refractivity contribution is -0.370. The lowest BCUT2D eigenvalue weighted by Gasteiger charge is -1.67. The van der Waals surface area contributed by atoms with Gasteiger partial charge in [0.2, 0.25) is 0 Å². The molecule has 0 saturated carbocycles. The van der Waals surface area contributed by atoms with Gasteiger partial charge in [0, 0.05) is 0 Å². The van der Waals surface area contributed by atoms with Crippen LogP contribution in [0.15, 0.2) is 0 Å². The van der Waals surface area contributed by atoms with E-state index in [2.05, 4.69) is 5.73 Å². The van der Waals surface area contributed by atoms with Crippen LogP contribution in [-0.4, -0.2) is 19.3 Å². The van der Waals surface area contributed by atoms with Gasteiger partial charge in [0.05, 0.1) is 6.61 Å². The van der Waals surface area contributed by atoms with Crippen molar-refractivity contribution in [2.24, 2.45) is 0 Å². The van der Waals surface area contributed by atoms with Crippen LogP contribution < -0.4 is 5.73 Å². The summed E-state index contributed by atoms with van der Waals surface area (Å²) in [5, 5.41) is 0. The topological polar surface area (TPSA) is 40.2 Å². The number of quaternary nitrogens is 1. The molecule has 1 aliphatic heterocycles. The molecule has 1 fully saturated rings. The monoisotopic (exact) mass is 74.1 g/mol. The van der Waals surface area contributed by atoms with E-state index >= 15 is 0 Å². The Bertz CT molecular complexity index is 33.9. The maximum absolute atomic E-state index is 4.80. The van der Waals surface area contributed by atoms with Crippen molar-refractivity contribution in [1.82, 2.24) is 0 Å². The Morgan fingerprint density at radius 2 is 2.60 bits per heavy atom. The molecule has 1 aliphatic rings. The third-order valence-corrected chi connectivity index (χ3v) is 0.724.